The lowest BCUT2D eigenvalue weighted by Crippen LogP contribution is -2.28. The number of rotatable bonds is 5. The third-order valence-corrected chi connectivity index (χ3v) is 3.80. The number of nitrogens with one attached hydrogen (secondary N) is 1. The molecule has 110 valence electrons. The molecule has 2 rings (SSSR count). The Morgan fingerprint density at radius 2 is 1.76 bits per heavy atom. The molecule has 1 amide bonds. The Morgan fingerprint density at radius 1 is 1.14 bits per heavy atom. The van der Waals surface area contributed by atoms with Gasteiger partial charge in [0.05, 0.1) is 19.6 Å². The summed E-state index contributed by atoms with van der Waals surface area (Å²) in [7, 11) is 1.63. The molecule has 1 N–H and O–H groups in total. The highest BCUT2D eigenvalue weighted by atomic mass is 79.9. The minimum absolute atomic E-state index is 0.00980. The summed E-state index contributed by atoms with van der Waals surface area (Å²) < 4.78 is 6.13. The van der Waals surface area contributed by atoms with E-state index in [2.05, 4.69) is 21.2 Å². The minimum Gasteiger partial charge on any atom is -0.497 e. The van der Waals surface area contributed by atoms with Crippen LogP contribution in [0.25, 0.3) is 0 Å². The molecule has 0 saturated carbocycles. The zero-order valence-electron chi connectivity index (χ0n) is 12.1. The molecule has 21 heavy (non-hydrogen) atoms. The Balaban J connectivity index is 1.92. The minimum atomic E-state index is -0.0103. The molecule has 0 heterocycles. The first-order valence-electron chi connectivity index (χ1n) is 6.76. The number of ether oxygens (including phenoxy) is 1. The second kappa shape index (κ2) is 7.27. The van der Waals surface area contributed by atoms with E-state index in [0.717, 1.165) is 21.3 Å². The van der Waals surface area contributed by atoms with Crippen LogP contribution in [-0.2, 0) is 11.2 Å². The Morgan fingerprint density at radius 3 is 2.33 bits per heavy atom. The molecule has 0 fully saturated rings. The zero-order chi connectivity index (χ0) is 15.2. The Kier molecular flexibility index (Phi) is 5.39. The number of hydrogen-bond acceptors (Lipinski definition) is 2. The number of carbonyl (C=O) groups excluding carboxylic acids is 1. The number of carbonyl (C=O) groups is 1. The van der Waals surface area contributed by atoms with Crippen LogP contribution in [0.5, 0.6) is 5.75 Å². The predicted molar refractivity (Wildman–Crippen MR) is 87.4 cm³/mol. The highest BCUT2D eigenvalue weighted by Crippen LogP contribution is 2.17. The highest BCUT2D eigenvalue weighted by molar-refractivity contribution is 9.10. The maximum atomic E-state index is 12.1. The summed E-state index contributed by atoms with van der Waals surface area (Å²) in [6, 6.07) is 15.5. The lowest BCUT2D eigenvalue weighted by Gasteiger charge is -2.14. The third-order valence-electron chi connectivity index (χ3n) is 3.27. The molecule has 0 saturated heterocycles. The van der Waals surface area contributed by atoms with E-state index in [1.54, 1.807) is 7.11 Å². The molecule has 1 atom stereocenters. The first-order valence-corrected chi connectivity index (χ1v) is 7.55. The van der Waals surface area contributed by atoms with Crippen molar-refractivity contribution >= 4 is 21.8 Å². The van der Waals surface area contributed by atoms with Crippen molar-refractivity contribution < 1.29 is 9.53 Å². The standard InChI is InChI=1S/C17H18BrNO2/c1-12(14-5-7-15(18)8-6-14)19-17(20)11-13-3-9-16(21-2)10-4-13/h3-10,12H,11H2,1-2H3,(H,19,20)/t12-/m1/s1. The molecule has 0 aliphatic carbocycles. The number of amides is 1. The molecule has 0 aliphatic rings. The SMILES string of the molecule is COc1ccc(CC(=O)N[C@H](C)c2ccc(Br)cc2)cc1. The Hall–Kier alpha value is -1.81. The van der Waals surface area contributed by atoms with Crippen molar-refractivity contribution in [3.8, 4) is 5.75 Å². The smallest absolute Gasteiger partial charge is 0.224 e. The van der Waals surface area contributed by atoms with Gasteiger partial charge in [-0.05, 0) is 42.3 Å². The second-order valence-electron chi connectivity index (χ2n) is 4.87. The maximum Gasteiger partial charge on any atom is 0.224 e. The average Bonchev–Trinajstić information content (AvgIpc) is 2.48. The largest absolute Gasteiger partial charge is 0.497 e. The molecule has 4 heteroatoms. The Bertz CT molecular complexity index is 593. The highest BCUT2D eigenvalue weighted by Gasteiger charge is 2.10. The van der Waals surface area contributed by atoms with E-state index >= 15 is 0 Å². The van der Waals surface area contributed by atoms with Gasteiger partial charge in [-0.15, -0.1) is 0 Å². The van der Waals surface area contributed by atoms with Crippen LogP contribution in [0.15, 0.2) is 53.0 Å². The fraction of sp³-hybridized carbons (Fsp3) is 0.235. The van der Waals surface area contributed by atoms with Crippen LogP contribution in [-0.4, -0.2) is 13.0 Å². The van der Waals surface area contributed by atoms with Gasteiger partial charge >= 0.3 is 0 Å². The van der Waals surface area contributed by atoms with E-state index in [9.17, 15) is 4.79 Å². The molecule has 0 spiro atoms. The summed E-state index contributed by atoms with van der Waals surface area (Å²) in [5.74, 6) is 0.804. The van der Waals surface area contributed by atoms with Gasteiger partial charge < -0.3 is 10.1 Å². The average molecular weight is 348 g/mol. The van der Waals surface area contributed by atoms with Crippen molar-refractivity contribution in [3.05, 3.63) is 64.1 Å². The number of methoxy groups -OCH3 is 1. The van der Waals surface area contributed by atoms with Crippen LogP contribution < -0.4 is 10.1 Å². The van der Waals surface area contributed by atoms with Crippen LogP contribution >= 0.6 is 15.9 Å². The molecule has 0 bridgehead atoms. The molecule has 0 unspecified atom stereocenters. The normalized spacial score (nSPS) is 11.8. The van der Waals surface area contributed by atoms with E-state index in [4.69, 9.17) is 4.74 Å². The van der Waals surface area contributed by atoms with Crippen molar-refractivity contribution in [2.24, 2.45) is 0 Å². The molecule has 0 aliphatic heterocycles. The van der Waals surface area contributed by atoms with Gasteiger partial charge in [-0.2, -0.15) is 0 Å². The lowest BCUT2D eigenvalue weighted by molar-refractivity contribution is -0.121. The quantitative estimate of drug-likeness (QED) is 0.891. The zero-order valence-corrected chi connectivity index (χ0v) is 13.7. The fourth-order valence-electron chi connectivity index (χ4n) is 2.06. The first kappa shape index (κ1) is 15.6. The van der Waals surface area contributed by atoms with Crippen molar-refractivity contribution in [3.63, 3.8) is 0 Å². The summed E-state index contributed by atoms with van der Waals surface area (Å²) in [6.07, 6.45) is 0.366. The topological polar surface area (TPSA) is 38.3 Å². The molecular weight excluding hydrogens is 330 g/mol. The monoisotopic (exact) mass is 347 g/mol. The van der Waals surface area contributed by atoms with E-state index in [1.165, 1.54) is 0 Å². The van der Waals surface area contributed by atoms with Gasteiger partial charge in [-0.25, -0.2) is 0 Å². The molecule has 2 aromatic rings. The first-order chi connectivity index (χ1) is 10.1. The van der Waals surface area contributed by atoms with Gasteiger partial charge in [0.1, 0.15) is 5.75 Å². The van der Waals surface area contributed by atoms with Gasteiger partial charge in [0.15, 0.2) is 0 Å². The van der Waals surface area contributed by atoms with Gasteiger partial charge in [-0.3, -0.25) is 4.79 Å². The fourth-order valence-corrected chi connectivity index (χ4v) is 2.32. The Labute approximate surface area is 133 Å². The van der Waals surface area contributed by atoms with Crippen molar-refractivity contribution in [2.75, 3.05) is 7.11 Å². The van der Waals surface area contributed by atoms with E-state index in [0.29, 0.717) is 6.42 Å². The van der Waals surface area contributed by atoms with Crippen LogP contribution in [0.2, 0.25) is 0 Å². The van der Waals surface area contributed by atoms with Crippen LogP contribution in [0.4, 0.5) is 0 Å². The lowest BCUT2D eigenvalue weighted by atomic mass is 10.1. The summed E-state index contributed by atoms with van der Waals surface area (Å²) >= 11 is 3.40. The number of halogens is 1. The van der Waals surface area contributed by atoms with Crippen molar-refractivity contribution in [1.82, 2.24) is 5.32 Å². The number of hydrogen-bond donors (Lipinski definition) is 1. The molecule has 2 aromatic carbocycles. The van der Waals surface area contributed by atoms with Crippen LogP contribution in [0.3, 0.4) is 0 Å². The van der Waals surface area contributed by atoms with E-state index < -0.39 is 0 Å². The van der Waals surface area contributed by atoms with Crippen molar-refractivity contribution in [2.45, 2.75) is 19.4 Å². The van der Waals surface area contributed by atoms with Gasteiger partial charge in [0.25, 0.3) is 0 Å². The number of benzene rings is 2. The molecular formula is C17H18BrNO2. The summed E-state index contributed by atoms with van der Waals surface area (Å²) in [6.45, 7) is 1.98. The van der Waals surface area contributed by atoms with Crippen molar-refractivity contribution in [1.29, 1.82) is 0 Å². The summed E-state index contributed by atoms with van der Waals surface area (Å²) in [5.41, 5.74) is 2.05. The van der Waals surface area contributed by atoms with Gasteiger partial charge in [0, 0.05) is 4.47 Å². The predicted octanol–water partition coefficient (Wildman–Crippen LogP) is 3.88. The van der Waals surface area contributed by atoms with E-state index in [1.807, 2.05) is 55.5 Å². The second-order valence-corrected chi connectivity index (χ2v) is 5.78. The van der Waals surface area contributed by atoms with Crippen LogP contribution in [0.1, 0.15) is 24.1 Å². The van der Waals surface area contributed by atoms with Gasteiger partial charge in [-0.1, -0.05) is 40.2 Å². The van der Waals surface area contributed by atoms with E-state index in [-0.39, 0.29) is 11.9 Å². The molecule has 0 radical (unpaired) electrons. The summed E-state index contributed by atoms with van der Waals surface area (Å²) in [4.78, 5) is 12.1. The molecule has 0 aromatic heterocycles. The molecule has 3 nitrogen and oxygen atoms in total. The van der Waals surface area contributed by atoms with Crippen LogP contribution in [0, 0.1) is 0 Å². The maximum absolute atomic E-state index is 12.1. The van der Waals surface area contributed by atoms with Gasteiger partial charge in [0.2, 0.25) is 5.91 Å². The third kappa shape index (κ3) is 4.60. The summed E-state index contributed by atoms with van der Waals surface area (Å²) in [5, 5.41) is 3.01.